The molecule has 0 saturated heterocycles. The molecule has 1 aromatic heterocycles. The molecule has 1 aromatic carbocycles. The van der Waals surface area contributed by atoms with E-state index in [0.29, 0.717) is 22.6 Å². The minimum Gasteiger partial charge on any atom is -0.464 e. The molecule has 0 atom stereocenters. The molecule has 0 saturated carbocycles. The Morgan fingerprint density at radius 1 is 1.08 bits per heavy atom. The van der Waals surface area contributed by atoms with Crippen LogP contribution < -0.4 is 10.5 Å². The molecular formula is C21H27NO4. The number of carbonyl (C=O) groups excluding carboxylic acids is 2. The fraction of sp³-hybridized carbons (Fsp3) is 0.429. The van der Waals surface area contributed by atoms with Gasteiger partial charge in [0.1, 0.15) is 11.5 Å². The van der Waals surface area contributed by atoms with Gasteiger partial charge in [0, 0.05) is 23.6 Å². The molecule has 2 aromatic rings. The average Bonchev–Trinajstić information content (AvgIpc) is 2.96. The molecular weight excluding hydrogens is 330 g/mol. The monoisotopic (exact) mass is 357 g/mol. The Kier molecular flexibility index (Phi) is 5.04. The third-order valence-electron chi connectivity index (χ3n) is 4.12. The van der Waals surface area contributed by atoms with Crippen LogP contribution in [-0.4, -0.2) is 11.9 Å². The third kappa shape index (κ3) is 3.82. The molecule has 1 amide bonds. The number of nitrogens with two attached hydrogens (primary N) is 1. The van der Waals surface area contributed by atoms with E-state index >= 15 is 0 Å². The topological polar surface area (TPSA) is 82.5 Å². The van der Waals surface area contributed by atoms with Gasteiger partial charge in [-0.05, 0) is 29.0 Å². The number of furan rings is 1. The molecule has 0 aliphatic rings. The first-order chi connectivity index (χ1) is 11.8. The van der Waals surface area contributed by atoms with Crippen LogP contribution in [0.4, 0.5) is 0 Å². The molecule has 2 rings (SSSR count). The van der Waals surface area contributed by atoms with Crippen molar-refractivity contribution in [2.45, 2.75) is 59.3 Å². The van der Waals surface area contributed by atoms with Gasteiger partial charge in [-0.3, -0.25) is 9.59 Å². The molecule has 0 spiro atoms. The van der Waals surface area contributed by atoms with Gasteiger partial charge in [-0.25, -0.2) is 0 Å². The SMILES string of the molecule is CC(=O)Oc1c(C(C)(C)C)cc(C(N)=O)c(-c2ccco2)c1C(C)(C)C. The van der Waals surface area contributed by atoms with Crippen LogP contribution in [-0.2, 0) is 15.6 Å². The molecule has 5 nitrogen and oxygen atoms in total. The lowest BCUT2D eigenvalue weighted by Crippen LogP contribution is -2.25. The number of rotatable bonds is 3. The van der Waals surface area contributed by atoms with Crippen molar-refractivity contribution in [2.75, 3.05) is 0 Å². The summed E-state index contributed by atoms with van der Waals surface area (Å²) in [6.45, 7) is 13.4. The lowest BCUT2D eigenvalue weighted by molar-refractivity contribution is -0.132. The van der Waals surface area contributed by atoms with Crippen molar-refractivity contribution in [3.63, 3.8) is 0 Å². The number of carbonyl (C=O) groups is 2. The average molecular weight is 357 g/mol. The van der Waals surface area contributed by atoms with E-state index in [9.17, 15) is 9.59 Å². The molecule has 0 aliphatic heterocycles. The number of ether oxygens (including phenoxy) is 1. The van der Waals surface area contributed by atoms with Gasteiger partial charge in [-0.2, -0.15) is 0 Å². The van der Waals surface area contributed by atoms with Gasteiger partial charge in [0.05, 0.1) is 11.8 Å². The van der Waals surface area contributed by atoms with E-state index in [0.717, 1.165) is 11.1 Å². The lowest BCUT2D eigenvalue weighted by atomic mass is 9.75. The van der Waals surface area contributed by atoms with Gasteiger partial charge >= 0.3 is 5.97 Å². The van der Waals surface area contributed by atoms with Crippen LogP contribution in [0.1, 0.15) is 70.0 Å². The van der Waals surface area contributed by atoms with Gasteiger partial charge < -0.3 is 14.9 Å². The van der Waals surface area contributed by atoms with Crippen LogP contribution >= 0.6 is 0 Å². The number of esters is 1. The Labute approximate surface area is 154 Å². The normalized spacial score (nSPS) is 12.1. The summed E-state index contributed by atoms with van der Waals surface area (Å²) >= 11 is 0. The Balaban J connectivity index is 3.08. The molecule has 0 unspecified atom stereocenters. The Morgan fingerprint density at radius 2 is 1.69 bits per heavy atom. The number of primary amides is 1. The Bertz CT molecular complexity index is 834. The summed E-state index contributed by atoms with van der Waals surface area (Å²) in [5.41, 5.74) is 7.31. The summed E-state index contributed by atoms with van der Waals surface area (Å²) in [6.07, 6.45) is 1.54. The highest BCUT2D eigenvalue weighted by Gasteiger charge is 2.34. The first-order valence-electron chi connectivity index (χ1n) is 8.58. The van der Waals surface area contributed by atoms with Crippen molar-refractivity contribution in [2.24, 2.45) is 5.73 Å². The predicted molar refractivity (Wildman–Crippen MR) is 101 cm³/mol. The van der Waals surface area contributed by atoms with E-state index in [2.05, 4.69) is 0 Å². The maximum atomic E-state index is 12.3. The summed E-state index contributed by atoms with van der Waals surface area (Å²) in [5.74, 6) is 0.00600. The molecule has 2 N–H and O–H groups in total. The highest BCUT2D eigenvalue weighted by atomic mass is 16.5. The maximum Gasteiger partial charge on any atom is 0.308 e. The summed E-state index contributed by atoms with van der Waals surface area (Å²) in [4.78, 5) is 24.1. The molecule has 26 heavy (non-hydrogen) atoms. The molecule has 0 bridgehead atoms. The second-order valence-electron chi connectivity index (χ2n) is 8.49. The van der Waals surface area contributed by atoms with Gasteiger partial charge in [0.25, 0.3) is 0 Å². The molecule has 0 fully saturated rings. The molecule has 0 aliphatic carbocycles. The number of hydrogen-bond donors (Lipinski definition) is 1. The van der Waals surface area contributed by atoms with E-state index in [1.165, 1.54) is 13.2 Å². The van der Waals surface area contributed by atoms with Crippen molar-refractivity contribution in [1.82, 2.24) is 0 Å². The largest absolute Gasteiger partial charge is 0.464 e. The minimum absolute atomic E-state index is 0.353. The van der Waals surface area contributed by atoms with Crippen LogP contribution in [0.15, 0.2) is 28.9 Å². The van der Waals surface area contributed by atoms with E-state index in [1.54, 1.807) is 18.2 Å². The van der Waals surface area contributed by atoms with E-state index in [1.807, 2.05) is 41.5 Å². The van der Waals surface area contributed by atoms with Crippen LogP contribution in [0, 0.1) is 0 Å². The quantitative estimate of drug-likeness (QED) is 0.644. The standard InChI is InChI=1S/C21H27NO4/c1-12(23)26-18-14(20(2,3)4)11-13(19(22)24)16(15-9-8-10-25-15)17(18)21(5,6)7/h8-11H,1-7H3,(H2,22,24). The van der Waals surface area contributed by atoms with E-state index in [4.69, 9.17) is 14.9 Å². The van der Waals surface area contributed by atoms with Crippen molar-refractivity contribution in [3.05, 3.63) is 41.2 Å². The van der Waals surface area contributed by atoms with Crippen molar-refractivity contribution >= 4 is 11.9 Å². The first kappa shape index (κ1) is 19.8. The summed E-state index contributed by atoms with van der Waals surface area (Å²) in [6, 6.07) is 5.23. The maximum absolute atomic E-state index is 12.3. The smallest absolute Gasteiger partial charge is 0.308 e. The van der Waals surface area contributed by atoms with Crippen LogP contribution in [0.2, 0.25) is 0 Å². The molecule has 0 radical (unpaired) electrons. The molecule has 140 valence electrons. The highest BCUT2D eigenvalue weighted by Crippen LogP contribution is 2.47. The van der Waals surface area contributed by atoms with E-state index in [-0.39, 0.29) is 5.41 Å². The summed E-state index contributed by atoms with van der Waals surface area (Å²) in [5, 5.41) is 0. The third-order valence-corrected chi connectivity index (χ3v) is 4.12. The second-order valence-corrected chi connectivity index (χ2v) is 8.49. The molecule has 1 heterocycles. The van der Waals surface area contributed by atoms with Crippen LogP contribution in [0.3, 0.4) is 0 Å². The predicted octanol–water partition coefficient (Wildman–Crippen LogP) is 4.57. The van der Waals surface area contributed by atoms with Crippen molar-refractivity contribution in [1.29, 1.82) is 0 Å². The molecule has 5 heteroatoms. The fourth-order valence-corrected chi connectivity index (χ4v) is 3.06. The van der Waals surface area contributed by atoms with Gasteiger partial charge in [-0.1, -0.05) is 41.5 Å². The zero-order valence-corrected chi connectivity index (χ0v) is 16.5. The van der Waals surface area contributed by atoms with Crippen molar-refractivity contribution in [3.8, 4) is 17.1 Å². The van der Waals surface area contributed by atoms with Crippen molar-refractivity contribution < 1.29 is 18.7 Å². The zero-order valence-electron chi connectivity index (χ0n) is 16.5. The van der Waals surface area contributed by atoms with Gasteiger partial charge in [0.15, 0.2) is 0 Å². The minimum atomic E-state index is -0.554. The number of benzene rings is 1. The Hall–Kier alpha value is -2.56. The van der Waals surface area contributed by atoms with Crippen LogP contribution in [0.5, 0.6) is 5.75 Å². The van der Waals surface area contributed by atoms with E-state index < -0.39 is 17.3 Å². The first-order valence-corrected chi connectivity index (χ1v) is 8.58. The van der Waals surface area contributed by atoms with Gasteiger partial charge in [0.2, 0.25) is 5.91 Å². The second kappa shape index (κ2) is 6.63. The Morgan fingerprint density at radius 3 is 2.08 bits per heavy atom. The lowest BCUT2D eigenvalue weighted by Gasteiger charge is -2.31. The summed E-state index contributed by atoms with van der Waals surface area (Å²) in [7, 11) is 0. The summed E-state index contributed by atoms with van der Waals surface area (Å²) < 4.78 is 11.3. The fourth-order valence-electron chi connectivity index (χ4n) is 3.06. The highest BCUT2D eigenvalue weighted by molar-refractivity contribution is 6.01. The van der Waals surface area contributed by atoms with Gasteiger partial charge in [-0.15, -0.1) is 0 Å². The van der Waals surface area contributed by atoms with Crippen LogP contribution in [0.25, 0.3) is 11.3 Å². The zero-order chi connectivity index (χ0) is 19.9. The number of amides is 1. The number of hydrogen-bond acceptors (Lipinski definition) is 4.